The van der Waals surface area contributed by atoms with Crippen molar-refractivity contribution in [3.8, 4) is 11.5 Å². The average molecular weight is 273 g/mol. The first-order chi connectivity index (χ1) is 8.58. The molecule has 1 rings (SSSR count). The first-order valence-electron chi connectivity index (χ1n) is 5.12. The number of hydrazone groups is 1. The predicted octanol–water partition coefficient (Wildman–Crippen LogP) is 1.49. The van der Waals surface area contributed by atoms with Crippen LogP contribution in [0.25, 0.3) is 0 Å². The quantitative estimate of drug-likeness (QED) is 0.465. The SMILES string of the molecule is CCOc1cc(C=NN)c(Cl)cc1OCC(=O)O. The molecule has 0 aliphatic rings. The number of carboxylic acids is 1. The summed E-state index contributed by atoms with van der Waals surface area (Å²) >= 11 is 5.97. The van der Waals surface area contributed by atoms with Crippen molar-refractivity contribution in [2.24, 2.45) is 10.9 Å². The molecule has 18 heavy (non-hydrogen) atoms. The summed E-state index contributed by atoms with van der Waals surface area (Å²) in [6.45, 7) is 1.73. The molecule has 1 aromatic rings. The van der Waals surface area contributed by atoms with Gasteiger partial charge in [0, 0.05) is 11.6 Å². The van der Waals surface area contributed by atoms with E-state index < -0.39 is 12.6 Å². The van der Waals surface area contributed by atoms with Crippen molar-refractivity contribution in [2.75, 3.05) is 13.2 Å². The number of carbonyl (C=O) groups is 1. The molecule has 3 N–H and O–H groups in total. The lowest BCUT2D eigenvalue weighted by atomic mass is 10.2. The number of ether oxygens (including phenoxy) is 2. The highest BCUT2D eigenvalue weighted by atomic mass is 35.5. The summed E-state index contributed by atoms with van der Waals surface area (Å²) in [5.41, 5.74) is 0.560. The molecule has 0 fully saturated rings. The lowest BCUT2D eigenvalue weighted by Crippen LogP contribution is -2.10. The fourth-order valence-corrected chi connectivity index (χ4v) is 1.45. The van der Waals surface area contributed by atoms with Gasteiger partial charge in [-0.1, -0.05) is 11.6 Å². The molecule has 0 aliphatic carbocycles. The van der Waals surface area contributed by atoms with Crippen molar-refractivity contribution in [1.29, 1.82) is 0 Å². The van der Waals surface area contributed by atoms with Crippen LogP contribution >= 0.6 is 11.6 Å². The van der Waals surface area contributed by atoms with E-state index >= 15 is 0 Å². The monoisotopic (exact) mass is 272 g/mol. The van der Waals surface area contributed by atoms with E-state index in [1.54, 1.807) is 13.0 Å². The fraction of sp³-hybridized carbons (Fsp3) is 0.273. The fourth-order valence-electron chi connectivity index (χ4n) is 1.25. The van der Waals surface area contributed by atoms with E-state index in [1.165, 1.54) is 12.3 Å². The van der Waals surface area contributed by atoms with Gasteiger partial charge in [-0.05, 0) is 13.0 Å². The summed E-state index contributed by atoms with van der Waals surface area (Å²) < 4.78 is 10.4. The number of nitrogens with two attached hydrogens (primary N) is 1. The summed E-state index contributed by atoms with van der Waals surface area (Å²) in [6, 6.07) is 3.05. The Balaban J connectivity index is 3.07. The Hall–Kier alpha value is -1.95. The molecule has 0 radical (unpaired) electrons. The lowest BCUT2D eigenvalue weighted by molar-refractivity contribution is -0.139. The maximum atomic E-state index is 10.5. The number of aliphatic carboxylic acids is 1. The number of nitrogens with zero attached hydrogens (tertiary/aromatic N) is 1. The van der Waals surface area contributed by atoms with Crippen LogP contribution in [0.15, 0.2) is 17.2 Å². The molecule has 0 unspecified atom stereocenters. The second-order valence-corrected chi connectivity index (χ2v) is 3.62. The van der Waals surface area contributed by atoms with Gasteiger partial charge in [-0.2, -0.15) is 5.10 Å². The summed E-state index contributed by atoms with van der Waals surface area (Å²) in [5.74, 6) is 4.62. The maximum absolute atomic E-state index is 10.5. The Kier molecular flexibility index (Phi) is 5.26. The van der Waals surface area contributed by atoms with E-state index in [2.05, 4.69) is 5.10 Å². The van der Waals surface area contributed by atoms with Crippen molar-refractivity contribution in [3.05, 3.63) is 22.7 Å². The lowest BCUT2D eigenvalue weighted by Gasteiger charge is -2.12. The number of benzene rings is 1. The normalized spacial score (nSPS) is 10.6. The molecular weight excluding hydrogens is 260 g/mol. The zero-order valence-corrected chi connectivity index (χ0v) is 10.5. The molecule has 98 valence electrons. The van der Waals surface area contributed by atoms with Gasteiger partial charge in [0.2, 0.25) is 0 Å². The van der Waals surface area contributed by atoms with E-state index in [0.29, 0.717) is 22.9 Å². The Bertz CT molecular complexity index is 463. The molecule has 0 bridgehead atoms. The van der Waals surface area contributed by atoms with Gasteiger partial charge in [-0.15, -0.1) is 0 Å². The Morgan fingerprint density at radius 3 is 2.72 bits per heavy atom. The van der Waals surface area contributed by atoms with Gasteiger partial charge in [0.05, 0.1) is 17.8 Å². The minimum Gasteiger partial charge on any atom is -0.490 e. The van der Waals surface area contributed by atoms with Crippen LogP contribution in [0.5, 0.6) is 11.5 Å². The van der Waals surface area contributed by atoms with Crippen molar-refractivity contribution in [1.82, 2.24) is 0 Å². The number of rotatable bonds is 6. The first kappa shape index (κ1) is 14.1. The molecule has 0 saturated carbocycles. The molecule has 0 amide bonds. The summed E-state index contributed by atoms with van der Waals surface area (Å²) in [4.78, 5) is 10.5. The molecule has 0 atom stereocenters. The molecular formula is C11H13ClN2O4. The third-order valence-corrected chi connectivity index (χ3v) is 2.25. The predicted molar refractivity (Wildman–Crippen MR) is 67.5 cm³/mol. The van der Waals surface area contributed by atoms with Crippen LogP contribution in [0.2, 0.25) is 5.02 Å². The van der Waals surface area contributed by atoms with Gasteiger partial charge in [0.15, 0.2) is 18.1 Å². The summed E-state index contributed by atoms with van der Waals surface area (Å²) in [5, 5.41) is 12.3. The Morgan fingerprint density at radius 1 is 1.50 bits per heavy atom. The highest BCUT2D eigenvalue weighted by Gasteiger charge is 2.11. The Morgan fingerprint density at radius 2 is 2.17 bits per heavy atom. The first-order valence-corrected chi connectivity index (χ1v) is 5.50. The van der Waals surface area contributed by atoms with E-state index in [0.717, 1.165) is 0 Å². The van der Waals surface area contributed by atoms with Crippen LogP contribution in [-0.2, 0) is 4.79 Å². The highest BCUT2D eigenvalue weighted by Crippen LogP contribution is 2.33. The minimum absolute atomic E-state index is 0.262. The van der Waals surface area contributed by atoms with Gasteiger partial charge >= 0.3 is 5.97 Å². The van der Waals surface area contributed by atoms with Crippen molar-refractivity contribution in [3.63, 3.8) is 0 Å². The summed E-state index contributed by atoms with van der Waals surface area (Å²) in [6.07, 6.45) is 1.37. The largest absolute Gasteiger partial charge is 0.490 e. The van der Waals surface area contributed by atoms with Crippen molar-refractivity contribution in [2.45, 2.75) is 6.92 Å². The van der Waals surface area contributed by atoms with Gasteiger partial charge in [-0.25, -0.2) is 4.79 Å². The molecule has 1 aromatic carbocycles. The topological polar surface area (TPSA) is 94.1 Å². The second-order valence-electron chi connectivity index (χ2n) is 3.21. The van der Waals surface area contributed by atoms with E-state index in [4.69, 9.17) is 32.0 Å². The van der Waals surface area contributed by atoms with Crippen LogP contribution < -0.4 is 15.3 Å². The van der Waals surface area contributed by atoms with Gasteiger partial charge in [0.1, 0.15) is 0 Å². The van der Waals surface area contributed by atoms with Crippen LogP contribution in [0.1, 0.15) is 12.5 Å². The van der Waals surface area contributed by atoms with Gasteiger partial charge < -0.3 is 20.4 Å². The molecule has 0 heterocycles. The van der Waals surface area contributed by atoms with Crippen LogP contribution in [0.3, 0.4) is 0 Å². The molecule has 6 nitrogen and oxygen atoms in total. The smallest absolute Gasteiger partial charge is 0.341 e. The maximum Gasteiger partial charge on any atom is 0.341 e. The van der Waals surface area contributed by atoms with E-state index in [9.17, 15) is 4.79 Å². The third kappa shape index (κ3) is 3.81. The highest BCUT2D eigenvalue weighted by molar-refractivity contribution is 6.33. The number of halogens is 1. The molecule has 0 aliphatic heterocycles. The van der Waals surface area contributed by atoms with Crippen LogP contribution in [0.4, 0.5) is 0 Å². The van der Waals surface area contributed by atoms with Crippen LogP contribution in [-0.4, -0.2) is 30.5 Å². The standard InChI is InChI=1S/C11H13ClN2O4/c1-2-17-9-3-7(5-14-13)8(12)4-10(9)18-6-11(15)16/h3-5H,2,6,13H2,1H3,(H,15,16). The Labute approximate surface area is 109 Å². The zero-order chi connectivity index (χ0) is 13.5. The molecule has 0 aromatic heterocycles. The molecule has 0 spiro atoms. The van der Waals surface area contributed by atoms with Crippen LogP contribution in [0, 0.1) is 0 Å². The van der Waals surface area contributed by atoms with Crippen molar-refractivity contribution >= 4 is 23.8 Å². The number of hydrogen-bond donors (Lipinski definition) is 2. The van der Waals surface area contributed by atoms with Gasteiger partial charge in [0.25, 0.3) is 0 Å². The van der Waals surface area contributed by atoms with E-state index in [-0.39, 0.29) is 5.75 Å². The molecule has 0 saturated heterocycles. The number of hydrogen-bond acceptors (Lipinski definition) is 5. The third-order valence-electron chi connectivity index (χ3n) is 1.93. The average Bonchev–Trinajstić information content (AvgIpc) is 2.31. The number of carboxylic acid groups (broad SMARTS) is 1. The molecule has 7 heteroatoms. The zero-order valence-electron chi connectivity index (χ0n) is 9.72. The van der Waals surface area contributed by atoms with E-state index in [1.807, 2.05) is 0 Å². The van der Waals surface area contributed by atoms with Crippen molar-refractivity contribution < 1.29 is 19.4 Å². The van der Waals surface area contributed by atoms with Gasteiger partial charge in [-0.3, -0.25) is 0 Å². The summed E-state index contributed by atoms with van der Waals surface area (Å²) in [7, 11) is 0. The second kappa shape index (κ2) is 6.70. The minimum atomic E-state index is -1.08.